The maximum absolute atomic E-state index is 13.6. The van der Waals surface area contributed by atoms with Crippen molar-refractivity contribution >= 4 is 16.7 Å². The summed E-state index contributed by atoms with van der Waals surface area (Å²) in [7, 11) is 3.78. The summed E-state index contributed by atoms with van der Waals surface area (Å²) in [6.07, 6.45) is 4.20. The van der Waals surface area contributed by atoms with Gasteiger partial charge in [-0.2, -0.15) is 14.6 Å². The standard InChI is InChI=1S/C23H27N7O2/c1-27-12-14-28(15-13-27)9-5-10-29-11-8-18-20(22(29)31)21(30-23(26-18)24-16-25-30)17-6-3-4-7-19(17)32-2/h3-4,6-8,11,16H,5,9-10,12-15H2,1-2H3. The summed E-state index contributed by atoms with van der Waals surface area (Å²) < 4.78 is 8.98. The molecule has 0 unspecified atom stereocenters. The molecule has 0 amide bonds. The van der Waals surface area contributed by atoms with E-state index in [1.807, 2.05) is 36.5 Å². The monoisotopic (exact) mass is 433 g/mol. The van der Waals surface area contributed by atoms with Crippen molar-refractivity contribution in [2.45, 2.75) is 13.0 Å². The Morgan fingerprint density at radius 2 is 1.88 bits per heavy atom. The summed E-state index contributed by atoms with van der Waals surface area (Å²) in [5.41, 5.74) is 1.96. The summed E-state index contributed by atoms with van der Waals surface area (Å²) in [6.45, 7) is 5.99. The Morgan fingerprint density at radius 3 is 2.69 bits per heavy atom. The van der Waals surface area contributed by atoms with Crippen LogP contribution in [0.3, 0.4) is 0 Å². The van der Waals surface area contributed by atoms with Crippen LogP contribution in [0.4, 0.5) is 0 Å². The number of para-hydroxylation sites is 1. The minimum Gasteiger partial charge on any atom is -0.496 e. The molecule has 0 saturated carbocycles. The number of fused-ring (bicyclic) bond motifs is 2. The first-order valence-corrected chi connectivity index (χ1v) is 10.9. The second-order valence-corrected chi connectivity index (χ2v) is 8.21. The van der Waals surface area contributed by atoms with E-state index in [9.17, 15) is 4.79 Å². The fraction of sp³-hybridized carbons (Fsp3) is 0.391. The predicted molar refractivity (Wildman–Crippen MR) is 123 cm³/mol. The summed E-state index contributed by atoms with van der Waals surface area (Å²) in [6, 6.07) is 9.52. The van der Waals surface area contributed by atoms with E-state index in [2.05, 4.69) is 31.9 Å². The van der Waals surface area contributed by atoms with Gasteiger partial charge in [0.2, 0.25) is 0 Å². The lowest BCUT2D eigenvalue weighted by Crippen LogP contribution is -2.44. The first-order chi connectivity index (χ1) is 15.7. The fourth-order valence-corrected chi connectivity index (χ4v) is 4.36. The molecule has 1 fully saturated rings. The van der Waals surface area contributed by atoms with E-state index in [1.165, 1.54) is 6.33 Å². The molecule has 0 N–H and O–H groups in total. The van der Waals surface area contributed by atoms with Crippen molar-refractivity contribution < 1.29 is 4.74 Å². The van der Waals surface area contributed by atoms with Gasteiger partial charge >= 0.3 is 0 Å². The van der Waals surface area contributed by atoms with E-state index in [-0.39, 0.29) is 5.56 Å². The number of piperazine rings is 1. The van der Waals surface area contributed by atoms with Gasteiger partial charge in [0, 0.05) is 44.5 Å². The Labute approximate surface area is 185 Å². The van der Waals surface area contributed by atoms with E-state index < -0.39 is 0 Å². The fourth-order valence-electron chi connectivity index (χ4n) is 4.36. The smallest absolute Gasteiger partial charge is 0.262 e. The molecule has 9 heteroatoms. The second kappa shape index (κ2) is 8.68. The quantitative estimate of drug-likeness (QED) is 0.458. The Balaban J connectivity index is 1.54. The molecule has 4 aromatic rings. The molecule has 3 aromatic heterocycles. The first-order valence-electron chi connectivity index (χ1n) is 10.9. The summed E-state index contributed by atoms with van der Waals surface area (Å²) in [5, 5.41) is 4.87. The van der Waals surface area contributed by atoms with Crippen molar-refractivity contribution in [2.24, 2.45) is 0 Å². The van der Waals surface area contributed by atoms with Gasteiger partial charge in [-0.25, -0.2) is 4.98 Å². The zero-order valence-electron chi connectivity index (χ0n) is 18.4. The van der Waals surface area contributed by atoms with Gasteiger partial charge in [-0.15, -0.1) is 0 Å². The lowest BCUT2D eigenvalue weighted by atomic mass is 10.1. The van der Waals surface area contributed by atoms with E-state index >= 15 is 0 Å². The zero-order chi connectivity index (χ0) is 22.1. The van der Waals surface area contributed by atoms with Gasteiger partial charge in [0.25, 0.3) is 11.3 Å². The van der Waals surface area contributed by atoms with E-state index in [0.29, 0.717) is 34.7 Å². The minimum absolute atomic E-state index is 0.0771. The normalized spacial score (nSPS) is 15.6. The Bertz CT molecular complexity index is 1300. The highest BCUT2D eigenvalue weighted by Gasteiger charge is 2.20. The van der Waals surface area contributed by atoms with Crippen molar-refractivity contribution in [1.29, 1.82) is 0 Å². The average molecular weight is 434 g/mol. The maximum Gasteiger partial charge on any atom is 0.262 e. The predicted octanol–water partition coefficient (Wildman–Crippen LogP) is 1.75. The van der Waals surface area contributed by atoms with Crippen molar-refractivity contribution in [3.63, 3.8) is 0 Å². The van der Waals surface area contributed by atoms with Gasteiger partial charge in [0.1, 0.15) is 12.1 Å². The van der Waals surface area contributed by atoms with Crippen LogP contribution in [0.2, 0.25) is 0 Å². The number of pyridine rings is 1. The number of hydrogen-bond donors (Lipinski definition) is 0. The molecule has 0 radical (unpaired) electrons. The van der Waals surface area contributed by atoms with E-state index in [0.717, 1.165) is 44.7 Å². The van der Waals surface area contributed by atoms with Crippen molar-refractivity contribution in [1.82, 2.24) is 33.9 Å². The maximum atomic E-state index is 13.6. The average Bonchev–Trinajstić information content (AvgIpc) is 3.29. The number of rotatable bonds is 6. The molecule has 1 aliphatic heterocycles. The molecule has 166 valence electrons. The topological polar surface area (TPSA) is 80.8 Å². The lowest BCUT2D eigenvalue weighted by molar-refractivity contribution is 0.151. The van der Waals surface area contributed by atoms with Gasteiger partial charge in [-0.1, -0.05) is 12.1 Å². The summed E-state index contributed by atoms with van der Waals surface area (Å²) in [5.74, 6) is 1.12. The molecule has 1 saturated heterocycles. The number of aromatic nitrogens is 5. The molecule has 0 spiro atoms. The largest absolute Gasteiger partial charge is 0.496 e. The van der Waals surface area contributed by atoms with Crippen LogP contribution in [0.1, 0.15) is 6.42 Å². The third-order valence-corrected chi connectivity index (χ3v) is 6.17. The van der Waals surface area contributed by atoms with Crippen LogP contribution in [-0.4, -0.2) is 80.8 Å². The third kappa shape index (κ3) is 3.74. The van der Waals surface area contributed by atoms with E-state index in [4.69, 9.17) is 4.74 Å². The SMILES string of the molecule is COc1ccccc1-c1c2c(=O)n(CCCN3CCN(C)CC3)ccc2nc2ncnn12. The molecule has 9 nitrogen and oxygen atoms in total. The Kier molecular flexibility index (Phi) is 5.59. The van der Waals surface area contributed by atoms with Crippen LogP contribution in [0, 0.1) is 0 Å². The zero-order valence-corrected chi connectivity index (χ0v) is 18.4. The first kappa shape index (κ1) is 20.6. The molecule has 0 bridgehead atoms. The van der Waals surface area contributed by atoms with Crippen LogP contribution in [0.5, 0.6) is 5.75 Å². The van der Waals surface area contributed by atoms with E-state index in [1.54, 1.807) is 16.2 Å². The molecule has 32 heavy (non-hydrogen) atoms. The molecule has 0 atom stereocenters. The van der Waals surface area contributed by atoms with Gasteiger partial charge < -0.3 is 19.1 Å². The number of benzene rings is 1. The number of likely N-dealkylation sites (N-methyl/N-ethyl adjacent to an activating group) is 1. The number of methoxy groups -OCH3 is 1. The highest BCUT2D eigenvalue weighted by atomic mass is 16.5. The van der Waals surface area contributed by atoms with Crippen molar-refractivity contribution in [2.75, 3.05) is 46.9 Å². The lowest BCUT2D eigenvalue weighted by Gasteiger charge is -2.32. The molecular weight excluding hydrogens is 406 g/mol. The molecule has 4 heterocycles. The van der Waals surface area contributed by atoms with Crippen LogP contribution < -0.4 is 10.3 Å². The second-order valence-electron chi connectivity index (χ2n) is 8.21. The van der Waals surface area contributed by atoms with Gasteiger partial charge in [-0.3, -0.25) is 4.79 Å². The highest BCUT2D eigenvalue weighted by Crippen LogP contribution is 2.32. The van der Waals surface area contributed by atoms with Crippen LogP contribution in [0.15, 0.2) is 47.7 Å². The Morgan fingerprint density at radius 1 is 1.06 bits per heavy atom. The Hall–Kier alpha value is -3.30. The summed E-state index contributed by atoms with van der Waals surface area (Å²) in [4.78, 5) is 27.2. The van der Waals surface area contributed by atoms with Gasteiger partial charge in [-0.05, 0) is 38.2 Å². The molecule has 0 aliphatic carbocycles. The molecule has 1 aliphatic rings. The number of ether oxygens (including phenoxy) is 1. The van der Waals surface area contributed by atoms with Crippen molar-refractivity contribution in [3.8, 4) is 17.0 Å². The van der Waals surface area contributed by atoms with Gasteiger partial charge in [0.05, 0.1) is 23.7 Å². The molecule has 5 rings (SSSR count). The number of nitrogens with zero attached hydrogens (tertiary/aromatic N) is 7. The number of hydrogen-bond acceptors (Lipinski definition) is 7. The van der Waals surface area contributed by atoms with Crippen molar-refractivity contribution in [3.05, 3.63) is 53.2 Å². The summed E-state index contributed by atoms with van der Waals surface area (Å²) >= 11 is 0. The van der Waals surface area contributed by atoms with Gasteiger partial charge in [0.15, 0.2) is 0 Å². The minimum atomic E-state index is -0.0771. The van der Waals surface area contributed by atoms with Crippen LogP contribution in [-0.2, 0) is 6.54 Å². The van der Waals surface area contributed by atoms with Crippen LogP contribution >= 0.6 is 0 Å². The molecular formula is C23H27N7O2. The van der Waals surface area contributed by atoms with Crippen LogP contribution in [0.25, 0.3) is 27.9 Å². The molecule has 1 aromatic carbocycles. The number of aryl methyl sites for hydroxylation is 1. The third-order valence-electron chi connectivity index (χ3n) is 6.17. The highest BCUT2D eigenvalue weighted by molar-refractivity contribution is 5.94.